The van der Waals surface area contributed by atoms with E-state index in [0.29, 0.717) is 52.2 Å². The van der Waals surface area contributed by atoms with Gasteiger partial charge in [-0.2, -0.15) is 0 Å². The average molecular weight is 537 g/mol. The topological polar surface area (TPSA) is 133 Å². The maximum absolute atomic E-state index is 13.3. The Morgan fingerprint density at radius 1 is 1.27 bits per heavy atom. The van der Waals surface area contributed by atoms with Crippen LogP contribution in [0.25, 0.3) is 0 Å². The molecule has 206 valence electrons. The number of carboxylic acids is 1. The summed E-state index contributed by atoms with van der Waals surface area (Å²) in [7, 11) is -3.30. The van der Waals surface area contributed by atoms with Crippen LogP contribution in [0.3, 0.4) is 0 Å². The molecule has 0 aliphatic carbocycles. The molecular formula is C26H40N4O6S. The number of unbranched alkanes of at least 4 members (excludes halogenated alkanes) is 1. The smallest absolute Gasteiger partial charge is 0.308 e. The van der Waals surface area contributed by atoms with Gasteiger partial charge in [0.05, 0.1) is 24.8 Å². The molecule has 3 atom stereocenters. The fourth-order valence-electron chi connectivity index (χ4n) is 5.99. The molecule has 1 aromatic carbocycles. The minimum absolute atomic E-state index is 0.0650. The predicted molar refractivity (Wildman–Crippen MR) is 140 cm³/mol. The van der Waals surface area contributed by atoms with Crippen molar-refractivity contribution in [2.75, 3.05) is 58.2 Å². The lowest BCUT2D eigenvalue weighted by Gasteiger charge is -2.30. The Morgan fingerprint density at radius 2 is 2.08 bits per heavy atom. The lowest BCUT2D eigenvalue weighted by molar-refractivity contribution is -0.143. The van der Waals surface area contributed by atoms with Gasteiger partial charge in [-0.15, -0.1) is 0 Å². The summed E-state index contributed by atoms with van der Waals surface area (Å²) in [4.78, 5) is 29.7. The van der Waals surface area contributed by atoms with Crippen molar-refractivity contribution >= 4 is 21.9 Å². The predicted octanol–water partition coefficient (Wildman–Crippen LogP) is 1.10. The Labute approximate surface area is 219 Å². The van der Waals surface area contributed by atoms with Gasteiger partial charge in [-0.05, 0) is 36.5 Å². The zero-order valence-electron chi connectivity index (χ0n) is 21.7. The van der Waals surface area contributed by atoms with Gasteiger partial charge in [0.15, 0.2) is 0 Å². The van der Waals surface area contributed by atoms with E-state index in [1.807, 2.05) is 23.1 Å². The van der Waals surface area contributed by atoms with Crippen LogP contribution in [0.2, 0.25) is 0 Å². The van der Waals surface area contributed by atoms with Crippen LogP contribution in [0, 0.1) is 5.92 Å². The molecule has 2 fully saturated rings. The van der Waals surface area contributed by atoms with Gasteiger partial charge in [0.2, 0.25) is 15.9 Å². The number of hydrogen-bond donors (Lipinski definition) is 2. The molecule has 0 bridgehead atoms. The molecule has 2 saturated heterocycles. The Morgan fingerprint density at radius 3 is 2.76 bits per heavy atom. The van der Waals surface area contributed by atoms with Crippen molar-refractivity contribution in [2.45, 2.75) is 51.0 Å². The van der Waals surface area contributed by atoms with Gasteiger partial charge in [-0.25, -0.2) is 12.7 Å². The van der Waals surface area contributed by atoms with Crippen molar-refractivity contribution in [1.82, 2.24) is 14.1 Å². The van der Waals surface area contributed by atoms with E-state index in [0.717, 1.165) is 36.1 Å². The highest BCUT2D eigenvalue weighted by atomic mass is 32.2. The fraction of sp³-hybridized carbons (Fsp3) is 0.692. The molecule has 0 radical (unpaired) electrons. The Hall–Kier alpha value is -2.21. The van der Waals surface area contributed by atoms with Gasteiger partial charge >= 0.3 is 5.97 Å². The van der Waals surface area contributed by atoms with Crippen LogP contribution in [0.4, 0.5) is 0 Å². The van der Waals surface area contributed by atoms with Crippen LogP contribution in [0.5, 0.6) is 5.75 Å². The van der Waals surface area contributed by atoms with Crippen LogP contribution >= 0.6 is 0 Å². The monoisotopic (exact) mass is 536 g/mol. The van der Waals surface area contributed by atoms with E-state index in [4.69, 9.17) is 10.5 Å². The number of hydrogen-bond acceptors (Lipinski definition) is 7. The zero-order valence-corrected chi connectivity index (χ0v) is 22.5. The van der Waals surface area contributed by atoms with Gasteiger partial charge in [-0.3, -0.25) is 14.5 Å². The number of nitrogens with zero attached hydrogens (tertiary/aromatic N) is 3. The summed E-state index contributed by atoms with van der Waals surface area (Å²) < 4.78 is 31.9. The fourth-order valence-corrected chi connectivity index (χ4v) is 7.53. The van der Waals surface area contributed by atoms with E-state index in [2.05, 4.69) is 6.92 Å². The molecule has 0 spiro atoms. The van der Waals surface area contributed by atoms with Crippen molar-refractivity contribution in [2.24, 2.45) is 11.7 Å². The highest BCUT2D eigenvalue weighted by Gasteiger charge is 2.47. The normalized spacial score (nSPS) is 25.2. The van der Waals surface area contributed by atoms with E-state index in [1.165, 1.54) is 4.31 Å². The van der Waals surface area contributed by atoms with E-state index in [-0.39, 0.29) is 30.7 Å². The largest absolute Gasteiger partial charge is 0.493 e. The molecule has 0 unspecified atom stereocenters. The van der Waals surface area contributed by atoms with Crippen LogP contribution in [-0.2, 0) is 26.0 Å². The maximum Gasteiger partial charge on any atom is 0.308 e. The van der Waals surface area contributed by atoms with Crippen molar-refractivity contribution in [3.05, 3.63) is 29.3 Å². The van der Waals surface area contributed by atoms with E-state index >= 15 is 0 Å². The molecule has 3 heterocycles. The number of carbonyl (C=O) groups is 2. The Bertz CT molecular complexity index is 1080. The second-order valence-corrected chi connectivity index (χ2v) is 12.4. The molecule has 11 heteroatoms. The van der Waals surface area contributed by atoms with Crippen molar-refractivity contribution in [3.63, 3.8) is 0 Å². The van der Waals surface area contributed by atoms with Crippen molar-refractivity contribution in [3.8, 4) is 5.75 Å². The van der Waals surface area contributed by atoms with Crippen molar-refractivity contribution < 1.29 is 27.9 Å². The van der Waals surface area contributed by atoms with Crippen LogP contribution in [-0.4, -0.2) is 104 Å². The summed E-state index contributed by atoms with van der Waals surface area (Å²) in [6.07, 6.45) is 3.57. The minimum Gasteiger partial charge on any atom is -0.493 e. The summed E-state index contributed by atoms with van der Waals surface area (Å²) in [6.45, 7) is 5.36. The highest BCUT2D eigenvalue weighted by molar-refractivity contribution is 7.89. The Kier molecular flexibility index (Phi) is 9.10. The number of carboxylic acid groups (broad SMARTS) is 1. The van der Waals surface area contributed by atoms with Gasteiger partial charge < -0.3 is 20.5 Å². The van der Waals surface area contributed by atoms with Crippen LogP contribution in [0.15, 0.2) is 18.2 Å². The summed E-state index contributed by atoms with van der Waals surface area (Å²) >= 11 is 0. The molecule has 37 heavy (non-hydrogen) atoms. The molecule has 3 aliphatic heterocycles. The number of ether oxygens (including phenoxy) is 1. The zero-order chi connectivity index (χ0) is 26.6. The number of carbonyl (C=O) groups excluding carboxylic acids is 1. The lowest BCUT2D eigenvalue weighted by atomic mass is 9.83. The van der Waals surface area contributed by atoms with Crippen LogP contribution in [0.1, 0.15) is 49.7 Å². The molecule has 1 amide bonds. The molecule has 3 aliphatic rings. The number of aliphatic carboxylic acids is 1. The third kappa shape index (κ3) is 6.27. The SMILES string of the molecule is CCCCN(CCN)C(=O)CN1C[C@H](c2ccc3c(c2)CCO3)[C@@H](C(=O)O)[C@@H]1CCN1CCCS1(=O)=O. The van der Waals surface area contributed by atoms with E-state index < -0.39 is 28.0 Å². The third-order valence-corrected chi connectivity index (χ3v) is 9.88. The van der Waals surface area contributed by atoms with Crippen LogP contribution < -0.4 is 10.5 Å². The summed E-state index contributed by atoms with van der Waals surface area (Å²) in [6, 6.07) is 5.42. The number of amides is 1. The van der Waals surface area contributed by atoms with E-state index in [9.17, 15) is 23.1 Å². The summed E-state index contributed by atoms with van der Waals surface area (Å²) in [5.41, 5.74) is 7.76. The Balaban J connectivity index is 1.59. The molecule has 4 rings (SSSR count). The van der Waals surface area contributed by atoms with Gasteiger partial charge in [0, 0.05) is 57.6 Å². The minimum atomic E-state index is -3.30. The molecule has 10 nitrogen and oxygen atoms in total. The number of fused-ring (bicyclic) bond motifs is 1. The molecular weight excluding hydrogens is 496 g/mol. The molecule has 3 N–H and O–H groups in total. The maximum atomic E-state index is 13.3. The van der Waals surface area contributed by atoms with Crippen molar-refractivity contribution in [1.29, 1.82) is 0 Å². The first-order valence-corrected chi connectivity index (χ1v) is 15.0. The number of nitrogens with two attached hydrogens (primary N) is 1. The number of likely N-dealkylation sites (tertiary alicyclic amines) is 1. The number of sulfonamides is 1. The van der Waals surface area contributed by atoms with Gasteiger partial charge in [0.1, 0.15) is 5.75 Å². The first kappa shape index (κ1) is 27.8. The quantitative estimate of drug-likeness (QED) is 0.406. The van der Waals surface area contributed by atoms with Gasteiger partial charge in [0.25, 0.3) is 0 Å². The first-order valence-electron chi connectivity index (χ1n) is 13.4. The molecule has 1 aromatic rings. The number of benzene rings is 1. The summed E-state index contributed by atoms with van der Waals surface area (Å²) in [5.74, 6) is -1.08. The first-order chi connectivity index (χ1) is 17.7. The molecule has 0 aromatic heterocycles. The molecule has 0 saturated carbocycles. The highest BCUT2D eigenvalue weighted by Crippen LogP contribution is 2.41. The standard InChI is InChI=1S/C26H40N4O6S/c1-2-3-10-28(13-9-27)24(31)18-29-17-21(19-5-6-23-20(16-19)8-14-36-23)25(26(32)33)22(29)7-12-30-11-4-15-37(30,34)35/h5-6,16,21-22,25H,2-4,7-15,17-18,27H2,1H3,(H,32,33)/t21-,22+,25-/m1/s1. The third-order valence-electron chi connectivity index (χ3n) is 7.92. The number of rotatable bonds is 12. The van der Waals surface area contributed by atoms with Gasteiger partial charge in [-0.1, -0.05) is 25.5 Å². The second-order valence-electron chi connectivity index (χ2n) is 10.3. The average Bonchev–Trinajstić information content (AvgIpc) is 3.56. The lowest BCUT2D eigenvalue weighted by Crippen LogP contribution is -2.46. The van der Waals surface area contributed by atoms with E-state index in [1.54, 1.807) is 4.90 Å². The summed E-state index contributed by atoms with van der Waals surface area (Å²) in [5, 5.41) is 10.4. The second kappa shape index (κ2) is 12.1.